The molecule has 6 heteroatoms. The van der Waals surface area contributed by atoms with Crippen LogP contribution in [0.3, 0.4) is 0 Å². The first-order valence-corrected chi connectivity index (χ1v) is 11.1. The van der Waals surface area contributed by atoms with Gasteiger partial charge in [0.2, 0.25) is 0 Å². The van der Waals surface area contributed by atoms with E-state index in [0.717, 1.165) is 50.3 Å². The molecule has 4 rings (SSSR count). The highest BCUT2D eigenvalue weighted by atomic mass is 15.2. The van der Waals surface area contributed by atoms with Crippen LogP contribution in [0.4, 0.5) is 0 Å². The first-order chi connectivity index (χ1) is 16.5. The quantitative estimate of drug-likeness (QED) is 0.298. The number of nitrogens with one attached hydrogen (secondary N) is 2. The number of rotatable bonds is 7. The van der Waals surface area contributed by atoms with Crippen molar-refractivity contribution in [3.8, 4) is 11.4 Å². The summed E-state index contributed by atoms with van der Waals surface area (Å²) in [6.07, 6.45) is 17.1. The maximum Gasteiger partial charge on any atom is 0.181 e. The van der Waals surface area contributed by atoms with E-state index in [1.165, 1.54) is 0 Å². The van der Waals surface area contributed by atoms with E-state index in [-0.39, 0.29) is 0 Å². The number of aromatic nitrogens is 5. The fourth-order valence-corrected chi connectivity index (χ4v) is 3.87. The molecule has 0 unspecified atom stereocenters. The highest BCUT2D eigenvalue weighted by molar-refractivity contribution is 5.94. The molecule has 0 amide bonds. The summed E-state index contributed by atoms with van der Waals surface area (Å²) in [5, 5.41) is 8.52. The van der Waals surface area contributed by atoms with Gasteiger partial charge in [0.15, 0.2) is 5.65 Å². The SMILES string of the molecule is C=C/C(N)=C\C(=C/C)c1cnc2n[nH]c(-c3cc(/C(=C\C=C/C)c4ccncc4)c(C)[nH]3)c2c1. The first kappa shape index (κ1) is 22.7. The van der Waals surface area contributed by atoms with Crippen LogP contribution in [0.15, 0.2) is 91.6 Å². The summed E-state index contributed by atoms with van der Waals surface area (Å²) in [7, 11) is 0. The van der Waals surface area contributed by atoms with Crippen molar-refractivity contribution < 1.29 is 0 Å². The summed E-state index contributed by atoms with van der Waals surface area (Å²) in [6.45, 7) is 9.79. The molecule has 0 saturated carbocycles. The zero-order valence-corrected chi connectivity index (χ0v) is 19.6. The number of hydrogen-bond donors (Lipinski definition) is 3. The van der Waals surface area contributed by atoms with Crippen molar-refractivity contribution in [1.29, 1.82) is 0 Å². The monoisotopic (exact) mass is 448 g/mol. The number of aromatic amines is 2. The Labute approximate surface area is 199 Å². The molecule has 6 nitrogen and oxygen atoms in total. The molecule has 0 aliphatic carbocycles. The van der Waals surface area contributed by atoms with E-state index >= 15 is 0 Å². The lowest BCUT2D eigenvalue weighted by atomic mass is 9.98. The van der Waals surface area contributed by atoms with Gasteiger partial charge in [0.05, 0.1) is 11.4 Å². The molecule has 0 aliphatic heterocycles. The van der Waals surface area contributed by atoms with Crippen LogP contribution < -0.4 is 5.73 Å². The molecule has 4 heterocycles. The summed E-state index contributed by atoms with van der Waals surface area (Å²) in [5.41, 5.74) is 15.4. The molecule has 0 bridgehead atoms. The minimum Gasteiger partial charge on any atom is -0.399 e. The fraction of sp³-hybridized carbons (Fsp3) is 0.107. The van der Waals surface area contributed by atoms with Gasteiger partial charge in [0.1, 0.15) is 0 Å². The fourth-order valence-electron chi connectivity index (χ4n) is 3.87. The molecule has 34 heavy (non-hydrogen) atoms. The Kier molecular flexibility index (Phi) is 6.69. The average Bonchev–Trinajstić information content (AvgIpc) is 3.46. The third-order valence-electron chi connectivity index (χ3n) is 5.63. The van der Waals surface area contributed by atoms with E-state index in [2.05, 4.69) is 56.9 Å². The Bertz CT molecular complexity index is 1440. The van der Waals surface area contributed by atoms with E-state index in [0.29, 0.717) is 11.3 Å². The number of allylic oxidation sites excluding steroid dienone is 7. The molecule has 0 saturated heterocycles. The predicted molar refractivity (Wildman–Crippen MR) is 141 cm³/mol. The topological polar surface area (TPSA) is 96.3 Å². The number of fused-ring (bicyclic) bond motifs is 1. The lowest BCUT2D eigenvalue weighted by molar-refractivity contribution is 1.09. The van der Waals surface area contributed by atoms with Crippen LogP contribution in [0.25, 0.3) is 33.6 Å². The molecule has 4 aromatic heterocycles. The average molecular weight is 449 g/mol. The Morgan fingerprint density at radius 3 is 2.62 bits per heavy atom. The third-order valence-corrected chi connectivity index (χ3v) is 5.63. The Morgan fingerprint density at radius 1 is 1.12 bits per heavy atom. The number of pyridine rings is 2. The van der Waals surface area contributed by atoms with Crippen LogP contribution in [0, 0.1) is 6.92 Å². The van der Waals surface area contributed by atoms with Crippen LogP contribution in [0.5, 0.6) is 0 Å². The second-order valence-electron chi connectivity index (χ2n) is 7.85. The van der Waals surface area contributed by atoms with Crippen LogP contribution in [0.2, 0.25) is 0 Å². The molecule has 0 atom stereocenters. The first-order valence-electron chi connectivity index (χ1n) is 11.1. The molecule has 0 radical (unpaired) electrons. The van der Waals surface area contributed by atoms with Crippen LogP contribution in [0.1, 0.15) is 36.2 Å². The largest absolute Gasteiger partial charge is 0.399 e. The van der Waals surface area contributed by atoms with E-state index in [1.54, 1.807) is 6.08 Å². The Morgan fingerprint density at radius 2 is 1.91 bits per heavy atom. The van der Waals surface area contributed by atoms with Crippen molar-refractivity contribution in [2.75, 3.05) is 0 Å². The molecule has 4 N–H and O–H groups in total. The summed E-state index contributed by atoms with van der Waals surface area (Å²) >= 11 is 0. The van der Waals surface area contributed by atoms with Crippen LogP contribution in [-0.4, -0.2) is 25.1 Å². The smallest absolute Gasteiger partial charge is 0.181 e. The van der Waals surface area contributed by atoms with Gasteiger partial charge in [-0.15, -0.1) is 0 Å². The zero-order chi connectivity index (χ0) is 24.1. The highest BCUT2D eigenvalue weighted by Gasteiger charge is 2.16. The van der Waals surface area contributed by atoms with Gasteiger partial charge in [-0.3, -0.25) is 10.1 Å². The highest BCUT2D eigenvalue weighted by Crippen LogP contribution is 2.33. The van der Waals surface area contributed by atoms with E-state index in [9.17, 15) is 0 Å². The van der Waals surface area contributed by atoms with E-state index < -0.39 is 0 Å². The van der Waals surface area contributed by atoms with Gasteiger partial charge < -0.3 is 10.7 Å². The molecule has 0 fully saturated rings. The maximum absolute atomic E-state index is 5.98. The Balaban J connectivity index is 1.82. The minimum absolute atomic E-state index is 0.599. The second kappa shape index (κ2) is 10.0. The van der Waals surface area contributed by atoms with E-state index in [4.69, 9.17) is 5.73 Å². The van der Waals surface area contributed by atoms with Crippen LogP contribution >= 0.6 is 0 Å². The van der Waals surface area contributed by atoms with E-state index in [1.807, 2.05) is 68.9 Å². The van der Waals surface area contributed by atoms with Crippen molar-refractivity contribution >= 4 is 22.2 Å². The number of hydrogen-bond acceptors (Lipinski definition) is 4. The van der Waals surface area contributed by atoms with Gasteiger partial charge in [-0.25, -0.2) is 4.98 Å². The summed E-state index contributed by atoms with van der Waals surface area (Å²) < 4.78 is 0. The number of nitrogens with zero attached hydrogens (tertiary/aromatic N) is 3. The number of aryl methyl sites for hydroxylation is 1. The lowest BCUT2D eigenvalue weighted by Crippen LogP contribution is -1.94. The number of nitrogens with two attached hydrogens (primary N) is 1. The summed E-state index contributed by atoms with van der Waals surface area (Å²) in [6, 6.07) is 8.27. The van der Waals surface area contributed by atoms with Crippen molar-refractivity contribution in [1.82, 2.24) is 25.1 Å². The normalized spacial score (nSPS) is 13.2. The Hall–Kier alpha value is -4.45. The lowest BCUT2D eigenvalue weighted by Gasteiger charge is -2.06. The van der Waals surface area contributed by atoms with Gasteiger partial charge in [0.25, 0.3) is 0 Å². The molecule has 0 aromatic carbocycles. The van der Waals surface area contributed by atoms with Gasteiger partial charge in [-0.2, -0.15) is 5.10 Å². The maximum atomic E-state index is 5.98. The molecule has 0 spiro atoms. The third kappa shape index (κ3) is 4.52. The second-order valence-corrected chi connectivity index (χ2v) is 7.85. The van der Waals surface area contributed by atoms with Gasteiger partial charge in [-0.05, 0) is 73.9 Å². The molecule has 4 aromatic rings. The molecular weight excluding hydrogens is 420 g/mol. The zero-order valence-electron chi connectivity index (χ0n) is 19.6. The number of H-pyrrole nitrogens is 2. The molecule has 0 aliphatic rings. The van der Waals surface area contributed by atoms with Crippen molar-refractivity contribution in [2.24, 2.45) is 5.73 Å². The van der Waals surface area contributed by atoms with Crippen molar-refractivity contribution in [3.05, 3.63) is 114 Å². The van der Waals surface area contributed by atoms with Gasteiger partial charge >= 0.3 is 0 Å². The van der Waals surface area contributed by atoms with Crippen molar-refractivity contribution in [2.45, 2.75) is 20.8 Å². The minimum atomic E-state index is 0.599. The summed E-state index contributed by atoms with van der Waals surface area (Å²) in [4.78, 5) is 12.3. The predicted octanol–water partition coefficient (Wildman–Crippen LogP) is 6.10. The van der Waals surface area contributed by atoms with Crippen LogP contribution in [-0.2, 0) is 0 Å². The standard InChI is InChI=1S/C28H28N6/c1-5-8-9-23(20-10-12-30-13-11-20)24-16-26(32-18(24)4)27-25-15-21(17-31-28(25)34-33-27)19(6-2)14-22(29)7-3/h5-17,32H,3,29H2,1-2,4H3,(H,31,33,34)/b8-5-,19-6+,22-14+,23-9-. The molecule has 170 valence electrons. The van der Waals surface area contributed by atoms with Gasteiger partial charge in [-0.1, -0.05) is 30.9 Å². The van der Waals surface area contributed by atoms with Gasteiger partial charge in [0, 0.05) is 46.5 Å². The van der Waals surface area contributed by atoms with Crippen molar-refractivity contribution in [3.63, 3.8) is 0 Å². The summed E-state index contributed by atoms with van der Waals surface area (Å²) in [5.74, 6) is 0. The molecular formula is C28H28N6.